The van der Waals surface area contributed by atoms with Gasteiger partial charge in [-0.2, -0.15) is 13.2 Å². The van der Waals surface area contributed by atoms with E-state index in [0.29, 0.717) is 12.0 Å². The van der Waals surface area contributed by atoms with Gasteiger partial charge in [-0.3, -0.25) is 25.0 Å². The minimum atomic E-state index is -5.02. The number of benzene rings is 2. The molecule has 160 valence electrons. The molecular formula is C18H15F3N2O7. The van der Waals surface area contributed by atoms with E-state index in [1.54, 1.807) is 6.92 Å². The maximum absolute atomic E-state index is 12.9. The largest absolute Gasteiger partial charge is 0.466 e. The van der Waals surface area contributed by atoms with Crippen molar-refractivity contribution in [2.45, 2.75) is 25.9 Å². The molecule has 0 bridgehead atoms. The Kier molecular flexibility index (Phi) is 6.93. The molecule has 9 nitrogen and oxygen atoms in total. The summed E-state index contributed by atoms with van der Waals surface area (Å²) in [6.45, 7) is 1.92. The summed E-state index contributed by atoms with van der Waals surface area (Å²) in [5.41, 5.74) is -3.24. The van der Waals surface area contributed by atoms with E-state index in [9.17, 15) is 38.2 Å². The Hall–Kier alpha value is -3.70. The predicted octanol–water partition coefficient (Wildman–Crippen LogP) is 4.81. The van der Waals surface area contributed by atoms with Gasteiger partial charge in [0.2, 0.25) is 0 Å². The molecule has 2 aromatic carbocycles. The SMILES string of the molecule is CCOC(=O)CCc1ccc(Oc2c([N+](=O)[O-])cc(C(F)(F)F)cc2[N+](=O)[O-])cc1. The van der Waals surface area contributed by atoms with Gasteiger partial charge in [0.15, 0.2) is 0 Å². The number of alkyl halides is 3. The molecule has 0 amide bonds. The Morgan fingerprint density at radius 1 is 1.03 bits per heavy atom. The van der Waals surface area contributed by atoms with Crippen molar-refractivity contribution in [3.63, 3.8) is 0 Å². The molecule has 12 heteroatoms. The number of nitrogens with zero attached hydrogens (tertiary/aromatic N) is 2. The van der Waals surface area contributed by atoms with Gasteiger partial charge in [0.25, 0.3) is 5.75 Å². The molecule has 0 aliphatic rings. The smallest absolute Gasteiger partial charge is 0.416 e. The van der Waals surface area contributed by atoms with E-state index in [0.717, 1.165) is 0 Å². The number of rotatable bonds is 8. The molecule has 0 aliphatic heterocycles. The number of carbonyl (C=O) groups excluding carboxylic acids is 1. The second-order valence-corrected chi connectivity index (χ2v) is 5.91. The minimum Gasteiger partial charge on any atom is -0.466 e. The highest BCUT2D eigenvalue weighted by molar-refractivity contribution is 5.69. The van der Waals surface area contributed by atoms with Gasteiger partial charge in [-0.1, -0.05) is 12.1 Å². The average Bonchev–Trinajstić information content (AvgIpc) is 2.66. The third-order valence-electron chi connectivity index (χ3n) is 3.84. The van der Waals surface area contributed by atoms with E-state index < -0.39 is 44.7 Å². The van der Waals surface area contributed by atoms with E-state index in [-0.39, 0.29) is 30.9 Å². The molecule has 0 saturated carbocycles. The molecule has 0 unspecified atom stereocenters. The molecule has 30 heavy (non-hydrogen) atoms. The molecule has 0 N–H and O–H groups in total. The van der Waals surface area contributed by atoms with Gasteiger partial charge in [-0.15, -0.1) is 0 Å². The number of halogens is 3. The van der Waals surface area contributed by atoms with Crippen LogP contribution < -0.4 is 4.74 Å². The lowest BCUT2D eigenvalue weighted by Gasteiger charge is -2.11. The van der Waals surface area contributed by atoms with Crippen LogP contribution in [0.3, 0.4) is 0 Å². The highest BCUT2D eigenvalue weighted by Crippen LogP contribution is 2.44. The molecule has 0 spiro atoms. The van der Waals surface area contributed by atoms with Gasteiger partial charge in [0.05, 0.1) is 22.0 Å². The summed E-state index contributed by atoms with van der Waals surface area (Å²) in [6.07, 6.45) is -4.57. The molecule has 0 aliphatic carbocycles. The Labute approximate surface area is 167 Å². The first-order valence-corrected chi connectivity index (χ1v) is 8.49. The van der Waals surface area contributed by atoms with Crippen LogP contribution >= 0.6 is 0 Å². The third kappa shape index (κ3) is 5.65. The van der Waals surface area contributed by atoms with Crippen LogP contribution in [0.25, 0.3) is 0 Å². The summed E-state index contributed by atoms with van der Waals surface area (Å²) in [6, 6.07) is 6.02. The predicted molar refractivity (Wildman–Crippen MR) is 96.2 cm³/mol. The molecule has 0 atom stereocenters. The topological polar surface area (TPSA) is 122 Å². The van der Waals surface area contributed by atoms with Gasteiger partial charge < -0.3 is 9.47 Å². The fraction of sp³-hybridized carbons (Fsp3) is 0.278. The van der Waals surface area contributed by atoms with Crippen LogP contribution in [-0.2, 0) is 22.1 Å². The van der Waals surface area contributed by atoms with Gasteiger partial charge in [0, 0.05) is 18.6 Å². The number of carbonyl (C=O) groups is 1. The molecule has 2 rings (SSSR count). The molecular weight excluding hydrogens is 413 g/mol. The monoisotopic (exact) mass is 428 g/mol. The van der Waals surface area contributed by atoms with E-state index in [2.05, 4.69) is 0 Å². The second-order valence-electron chi connectivity index (χ2n) is 5.91. The van der Waals surface area contributed by atoms with Gasteiger partial charge >= 0.3 is 23.5 Å². The lowest BCUT2D eigenvalue weighted by molar-refractivity contribution is -0.396. The molecule has 2 aromatic rings. The lowest BCUT2D eigenvalue weighted by Crippen LogP contribution is -2.08. The van der Waals surface area contributed by atoms with E-state index in [4.69, 9.17) is 9.47 Å². The quantitative estimate of drug-likeness (QED) is 0.336. The molecule has 0 heterocycles. The highest BCUT2D eigenvalue weighted by Gasteiger charge is 2.38. The van der Waals surface area contributed by atoms with Gasteiger partial charge in [-0.05, 0) is 31.0 Å². The molecule has 0 fully saturated rings. The van der Waals surface area contributed by atoms with Crippen LogP contribution in [0.2, 0.25) is 0 Å². The number of nitro benzene ring substituents is 2. The van der Waals surface area contributed by atoms with Crippen LogP contribution in [-0.4, -0.2) is 22.4 Å². The standard InChI is InChI=1S/C18H15F3N2O7/c1-2-29-16(24)8-5-11-3-6-13(7-4-11)30-17-14(22(25)26)9-12(18(19,20)21)10-15(17)23(27)28/h3-4,6-7,9-10H,2,5,8H2,1H3. The summed E-state index contributed by atoms with van der Waals surface area (Å²) in [5.74, 6) is -1.38. The summed E-state index contributed by atoms with van der Waals surface area (Å²) in [7, 11) is 0. The van der Waals surface area contributed by atoms with Crippen molar-refractivity contribution in [2.24, 2.45) is 0 Å². The van der Waals surface area contributed by atoms with Crippen LogP contribution in [0.15, 0.2) is 36.4 Å². The number of aryl methyl sites for hydroxylation is 1. The fourth-order valence-corrected chi connectivity index (χ4v) is 2.46. The summed E-state index contributed by atoms with van der Waals surface area (Å²) < 4.78 is 48.8. The van der Waals surface area contributed by atoms with Crippen molar-refractivity contribution in [1.82, 2.24) is 0 Å². The first kappa shape index (κ1) is 22.6. The average molecular weight is 428 g/mol. The van der Waals surface area contributed by atoms with E-state index in [1.165, 1.54) is 24.3 Å². The lowest BCUT2D eigenvalue weighted by atomic mass is 10.1. The van der Waals surface area contributed by atoms with Crippen molar-refractivity contribution >= 4 is 17.3 Å². The third-order valence-corrected chi connectivity index (χ3v) is 3.84. The highest BCUT2D eigenvalue weighted by atomic mass is 19.4. The zero-order valence-corrected chi connectivity index (χ0v) is 15.5. The molecule has 0 saturated heterocycles. The van der Waals surface area contributed by atoms with Crippen molar-refractivity contribution in [3.8, 4) is 11.5 Å². The number of esters is 1. The van der Waals surface area contributed by atoms with E-state index in [1.807, 2.05) is 0 Å². The Balaban J connectivity index is 2.34. The van der Waals surface area contributed by atoms with Crippen molar-refractivity contribution in [1.29, 1.82) is 0 Å². The number of ether oxygens (including phenoxy) is 2. The normalized spacial score (nSPS) is 11.1. The number of hydrogen-bond acceptors (Lipinski definition) is 7. The molecule has 0 radical (unpaired) electrons. The van der Waals surface area contributed by atoms with Crippen molar-refractivity contribution in [3.05, 3.63) is 67.8 Å². The first-order chi connectivity index (χ1) is 14.0. The van der Waals surface area contributed by atoms with Crippen LogP contribution in [0, 0.1) is 20.2 Å². The van der Waals surface area contributed by atoms with Crippen molar-refractivity contribution < 1.29 is 37.3 Å². The Morgan fingerprint density at radius 3 is 2.00 bits per heavy atom. The minimum absolute atomic E-state index is 0.0687. The summed E-state index contributed by atoms with van der Waals surface area (Å²) in [5, 5.41) is 22.4. The first-order valence-electron chi connectivity index (χ1n) is 8.49. The maximum Gasteiger partial charge on any atom is 0.416 e. The van der Waals surface area contributed by atoms with Crippen LogP contribution in [0.1, 0.15) is 24.5 Å². The van der Waals surface area contributed by atoms with Crippen molar-refractivity contribution in [2.75, 3.05) is 6.61 Å². The van der Waals surface area contributed by atoms with Gasteiger partial charge in [0.1, 0.15) is 5.75 Å². The van der Waals surface area contributed by atoms with Crippen LogP contribution in [0.4, 0.5) is 24.5 Å². The molecule has 0 aromatic heterocycles. The van der Waals surface area contributed by atoms with E-state index >= 15 is 0 Å². The maximum atomic E-state index is 12.9. The number of nitro groups is 2. The summed E-state index contributed by atoms with van der Waals surface area (Å²) >= 11 is 0. The fourth-order valence-electron chi connectivity index (χ4n) is 2.46. The zero-order valence-electron chi connectivity index (χ0n) is 15.5. The van der Waals surface area contributed by atoms with Gasteiger partial charge in [-0.25, -0.2) is 0 Å². The number of hydrogen-bond donors (Lipinski definition) is 0. The Morgan fingerprint density at radius 2 is 1.57 bits per heavy atom. The summed E-state index contributed by atoms with van der Waals surface area (Å²) in [4.78, 5) is 31.4. The van der Waals surface area contributed by atoms with Crippen LogP contribution in [0.5, 0.6) is 11.5 Å². The Bertz CT molecular complexity index is 924. The second kappa shape index (κ2) is 9.20. The zero-order chi connectivity index (χ0) is 22.5.